The fourth-order valence-electron chi connectivity index (χ4n) is 1.20. The van der Waals surface area contributed by atoms with Gasteiger partial charge in [-0.15, -0.1) is 0 Å². The van der Waals surface area contributed by atoms with Crippen LogP contribution in [0, 0.1) is 11.8 Å². The molecule has 0 saturated heterocycles. The molecule has 1 saturated carbocycles. The van der Waals surface area contributed by atoms with Crippen LogP contribution in [-0.2, 0) is 0 Å². The van der Waals surface area contributed by atoms with Gasteiger partial charge < -0.3 is 5.43 Å². The molecule has 0 bridgehead atoms. The highest BCUT2D eigenvalue weighted by Crippen LogP contribution is 2.33. The van der Waals surface area contributed by atoms with E-state index < -0.39 is 0 Å². The lowest BCUT2D eigenvalue weighted by atomic mass is 10.0. The van der Waals surface area contributed by atoms with Crippen LogP contribution in [-0.4, -0.2) is 12.8 Å². The Hall–Kier alpha value is -0.530. The molecule has 2 heteroatoms. The van der Waals surface area contributed by atoms with Crippen LogP contribution in [0.1, 0.15) is 26.7 Å². The van der Waals surface area contributed by atoms with Crippen LogP contribution in [0.15, 0.2) is 5.10 Å². The van der Waals surface area contributed by atoms with Gasteiger partial charge in [-0.1, -0.05) is 13.8 Å². The van der Waals surface area contributed by atoms with E-state index in [0.717, 1.165) is 5.92 Å². The van der Waals surface area contributed by atoms with E-state index in [1.807, 2.05) is 7.05 Å². The Morgan fingerprint density at radius 1 is 1.50 bits per heavy atom. The summed E-state index contributed by atoms with van der Waals surface area (Å²) >= 11 is 0. The van der Waals surface area contributed by atoms with Gasteiger partial charge in [0.15, 0.2) is 0 Å². The molecule has 0 aliphatic heterocycles. The topological polar surface area (TPSA) is 24.4 Å². The van der Waals surface area contributed by atoms with Gasteiger partial charge in [0.05, 0.1) is 0 Å². The monoisotopic (exact) mass is 140 g/mol. The van der Waals surface area contributed by atoms with Crippen molar-refractivity contribution >= 4 is 5.71 Å². The molecule has 1 aliphatic rings. The zero-order valence-corrected chi connectivity index (χ0v) is 7.02. The summed E-state index contributed by atoms with van der Waals surface area (Å²) in [6.45, 7) is 4.41. The largest absolute Gasteiger partial charge is 0.313 e. The van der Waals surface area contributed by atoms with E-state index >= 15 is 0 Å². The maximum absolute atomic E-state index is 4.25. The summed E-state index contributed by atoms with van der Waals surface area (Å²) in [7, 11) is 1.87. The molecule has 58 valence electrons. The summed E-state index contributed by atoms with van der Waals surface area (Å²) in [5.74, 6) is 1.41. The van der Waals surface area contributed by atoms with E-state index in [-0.39, 0.29) is 0 Å². The fraction of sp³-hybridized carbons (Fsp3) is 0.875. The fourth-order valence-corrected chi connectivity index (χ4v) is 1.20. The van der Waals surface area contributed by atoms with E-state index in [0.29, 0.717) is 5.92 Å². The summed E-state index contributed by atoms with van der Waals surface area (Å²) in [6.07, 6.45) is 2.69. The minimum atomic E-state index is 0.611. The van der Waals surface area contributed by atoms with Crippen LogP contribution in [0.5, 0.6) is 0 Å². The third kappa shape index (κ3) is 1.72. The summed E-state index contributed by atoms with van der Waals surface area (Å²) in [5.41, 5.74) is 4.21. The number of hydrogen-bond acceptors (Lipinski definition) is 2. The predicted octanol–water partition coefficient (Wildman–Crippen LogP) is 1.63. The van der Waals surface area contributed by atoms with Crippen molar-refractivity contribution in [3.8, 4) is 0 Å². The number of hydrogen-bond donors (Lipinski definition) is 1. The third-order valence-corrected chi connectivity index (χ3v) is 1.83. The molecule has 0 aromatic heterocycles. The van der Waals surface area contributed by atoms with Gasteiger partial charge in [-0.05, 0) is 24.7 Å². The van der Waals surface area contributed by atoms with Crippen molar-refractivity contribution in [2.24, 2.45) is 16.9 Å². The Labute approximate surface area is 62.7 Å². The van der Waals surface area contributed by atoms with E-state index in [4.69, 9.17) is 0 Å². The second-order valence-corrected chi connectivity index (χ2v) is 3.19. The minimum Gasteiger partial charge on any atom is -0.313 e. The van der Waals surface area contributed by atoms with E-state index in [1.54, 1.807) is 0 Å². The first-order chi connectivity index (χ1) is 4.75. The molecule has 0 atom stereocenters. The normalized spacial score (nSPS) is 19.8. The highest BCUT2D eigenvalue weighted by molar-refractivity contribution is 5.90. The highest BCUT2D eigenvalue weighted by Gasteiger charge is 2.29. The first-order valence-electron chi connectivity index (χ1n) is 4.00. The first kappa shape index (κ1) is 7.58. The molecule has 0 aromatic carbocycles. The molecule has 0 unspecified atom stereocenters. The summed E-state index contributed by atoms with van der Waals surface area (Å²) in [6, 6.07) is 0. The van der Waals surface area contributed by atoms with Gasteiger partial charge in [0.1, 0.15) is 0 Å². The molecule has 0 aromatic rings. The van der Waals surface area contributed by atoms with Crippen LogP contribution in [0.3, 0.4) is 0 Å². The summed E-state index contributed by atoms with van der Waals surface area (Å²) < 4.78 is 0. The minimum absolute atomic E-state index is 0.611. The predicted molar refractivity (Wildman–Crippen MR) is 44.1 cm³/mol. The van der Waals surface area contributed by atoms with Crippen molar-refractivity contribution < 1.29 is 0 Å². The van der Waals surface area contributed by atoms with Gasteiger partial charge in [0.25, 0.3) is 0 Å². The first-order valence-corrected chi connectivity index (χ1v) is 4.00. The smallest absolute Gasteiger partial charge is 0.0434 e. The van der Waals surface area contributed by atoms with Gasteiger partial charge >= 0.3 is 0 Å². The molecule has 1 N–H and O–H groups in total. The van der Waals surface area contributed by atoms with Gasteiger partial charge in [0, 0.05) is 12.8 Å². The molecule has 1 aliphatic carbocycles. The lowest BCUT2D eigenvalue weighted by Gasteiger charge is -2.07. The Balaban J connectivity index is 2.49. The molecule has 10 heavy (non-hydrogen) atoms. The van der Waals surface area contributed by atoms with Crippen LogP contribution < -0.4 is 5.43 Å². The molecule has 0 amide bonds. The molecule has 1 fully saturated rings. The summed E-state index contributed by atoms with van der Waals surface area (Å²) in [4.78, 5) is 0. The van der Waals surface area contributed by atoms with E-state index in [9.17, 15) is 0 Å². The zero-order valence-electron chi connectivity index (χ0n) is 7.02. The Bertz CT molecular complexity index is 130. The molecule has 2 nitrogen and oxygen atoms in total. The molecular formula is C8H16N2. The van der Waals surface area contributed by atoms with Crippen molar-refractivity contribution in [3.63, 3.8) is 0 Å². The lowest BCUT2D eigenvalue weighted by Crippen LogP contribution is -2.14. The van der Waals surface area contributed by atoms with Crippen molar-refractivity contribution in [2.45, 2.75) is 26.7 Å². The average Bonchev–Trinajstić information content (AvgIpc) is 2.63. The van der Waals surface area contributed by atoms with Gasteiger partial charge in [-0.3, -0.25) is 0 Å². The maximum Gasteiger partial charge on any atom is 0.0434 e. The van der Waals surface area contributed by atoms with Crippen LogP contribution >= 0.6 is 0 Å². The van der Waals surface area contributed by atoms with Crippen molar-refractivity contribution in [2.75, 3.05) is 7.05 Å². The number of nitrogens with one attached hydrogen (secondary N) is 1. The zero-order chi connectivity index (χ0) is 7.56. The second-order valence-electron chi connectivity index (χ2n) is 3.19. The molecule has 0 heterocycles. The van der Waals surface area contributed by atoms with Crippen LogP contribution in [0.25, 0.3) is 0 Å². The third-order valence-electron chi connectivity index (χ3n) is 1.83. The van der Waals surface area contributed by atoms with Crippen LogP contribution in [0.4, 0.5) is 0 Å². The number of hydrazone groups is 1. The van der Waals surface area contributed by atoms with Gasteiger partial charge in [-0.2, -0.15) is 5.10 Å². The number of nitrogens with zero attached hydrogens (tertiary/aromatic N) is 1. The van der Waals surface area contributed by atoms with Crippen molar-refractivity contribution in [1.82, 2.24) is 5.43 Å². The number of rotatable bonds is 3. The maximum atomic E-state index is 4.25. The molecule has 1 rings (SSSR count). The van der Waals surface area contributed by atoms with Gasteiger partial charge in [-0.25, -0.2) is 0 Å². The Morgan fingerprint density at radius 3 is 2.40 bits per heavy atom. The van der Waals surface area contributed by atoms with E-state index in [1.165, 1.54) is 18.6 Å². The second kappa shape index (κ2) is 3.04. The molecule has 0 radical (unpaired) electrons. The molecular weight excluding hydrogens is 124 g/mol. The standard InChI is InChI=1S/C8H16N2/c1-6(2)8(10-9-3)7-4-5-7/h6-7,9H,4-5H2,1-3H3/b10-8+. The van der Waals surface area contributed by atoms with E-state index in [2.05, 4.69) is 24.4 Å². The lowest BCUT2D eigenvalue weighted by molar-refractivity contribution is 0.791. The highest BCUT2D eigenvalue weighted by atomic mass is 15.3. The van der Waals surface area contributed by atoms with Gasteiger partial charge in [0.2, 0.25) is 0 Å². The quantitative estimate of drug-likeness (QED) is 0.467. The van der Waals surface area contributed by atoms with Crippen molar-refractivity contribution in [1.29, 1.82) is 0 Å². The molecule has 0 spiro atoms. The van der Waals surface area contributed by atoms with Crippen LogP contribution in [0.2, 0.25) is 0 Å². The SMILES string of the molecule is CN/N=C(\C(C)C)C1CC1. The average molecular weight is 140 g/mol. The summed E-state index contributed by atoms with van der Waals surface area (Å²) in [5, 5.41) is 4.25. The van der Waals surface area contributed by atoms with Crippen molar-refractivity contribution in [3.05, 3.63) is 0 Å². The Kier molecular flexibility index (Phi) is 2.30. The Morgan fingerprint density at radius 2 is 2.10 bits per heavy atom.